The molecule has 1 saturated carbocycles. The molecule has 2 rings (SSSR count). The van der Waals surface area contributed by atoms with Gasteiger partial charge in [-0.2, -0.15) is 0 Å². The fourth-order valence-electron chi connectivity index (χ4n) is 3.98. The van der Waals surface area contributed by atoms with E-state index in [2.05, 4.69) is 0 Å². The van der Waals surface area contributed by atoms with Gasteiger partial charge in [-0.15, -0.1) is 0 Å². The molecule has 1 fully saturated rings. The number of ether oxygens (including phenoxy) is 2. The summed E-state index contributed by atoms with van der Waals surface area (Å²) < 4.78 is 10.4. The molecule has 0 heterocycles. The summed E-state index contributed by atoms with van der Waals surface area (Å²) >= 11 is 0. The van der Waals surface area contributed by atoms with Crippen molar-refractivity contribution in [2.24, 2.45) is 17.8 Å². The molecule has 0 radical (unpaired) electrons. The second-order valence-electron chi connectivity index (χ2n) is 7.04. The topological polar surface area (TPSA) is 69.7 Å². The minimum Gasteiger partial charge on any atom is -0.465 e. The molecule has 1 aliphatic rings. The van der Waals surface area contributed by atoms with Gasteiger partial charge in [0.2, 0.25) is 0 Å². The van der Waals surface area contributed by atoms with E-state index in [1.54, 1.807) is 26.0 Å². The summed E-state index contributed by atoms with van der Waals surface area (Å²) in [7, 11) is 0. The lowest BCUT2D eigenvalue weighted by atomic mass is 9.71. The summed E-state index contributed by atoms with van der Waals surface area (Å²) in [5.74, 6) is -2.49. The number of carbonyl (C=O) groups excluding carboxylic acids is 3. The minimum absolute atomic E-state index is 0.0511. The van der Waals surface area contributed by atoms with Crippen LogP contribution < -0.4 is 0 Å². The van der Waals surface area contributed by atoms with E-state index >= 15 is 0 Å². The van der Waals surface area contributed by atoms with Crippen molar-refractivity contribution in [3.63, 3.8) is 0 Å². The van der Waals surface area contributed by atoms with Gasteiger partial charge in [0, 0.05) is 12.0 Å². The van der Waals surface area contributed by atoms with E-state index in [0.717, 1.165) is 32.1 Å². The van der Waals surface area contributed by atoms with Gasteiger partial charge in [-0.25, -0.2) is 0 Å². The third-order valence-corrected chi connectivity index (χ3v) is 5.28. The van der Waals surface area contributed by atoms with Crippen molar-refractivity contribution < 1.29 is 23.9 Å². The van der Waals surface area contributed by atoms with E-state index in [4.69, 9.17) is 9.47 Å². The lowest BCUT2D eigenvalue weighted by Gasteiger charge is -2.33. The molecular weight excluding hydrogens is 344 g/mol. The molecule has 0 N–H and O–H groups in total. The first kappa shape index (κ1) is 21.1. The van der Waals surface area contributed by atoms with Gasteiger partial charge < -0.3 is 9.47 Å². The number of esters is 2. The predicted octanol–water partition coefficient (Wildman–Crippen LogP) is 4.20. The molecule has 0 amide bonds. The standard InChI is InChI=1S/C22H30O5/c1-3-26-21(24)20(22(25)27-4-2)18(16-11-7-5-8-12-16)15-19(23)17-13-9-6-10-14-17/h6,9-10,13-14,16,18,20H,3-5,7-8,11-12,15H2,1-2H3. The summed E-state index contributed by atoms with van der Waals surface area (Å²) in [6, 6.07) is 9.03. The first-order valence-corrected chi connectivity index (χ1v) is 10.00. The number of rotatable bonds is 9. The Hall–Kier alpha value is -2.17. The van der Waals surface area contributed by atoms with Crippen molar-refractivity contribution in [1.82, 2.24) is 0 Å². The van der Waals surface area contributed by atoms with Gasteiger partial charge in [0.15, 0.2) is 11.7 Å². The third-order valence-electron chi connectivity index (χ3n) is 5.28. The van der Waals surface area contributed by atoms with Crippen molar-refractivity contribution >= 4 is 17.7 Å². The average Bonchev–Trinajstić information content (AvgIpc) is 2.69. The Morgan fingerprint density at radius 2 is 1.48 bits per heavy atom. The molecule has 1 atom stereocenters. The predicted molar refractivity (Wildman–Crippen MR) is 102 cm³/mol. The van der Waals surface area contributed by atoms with Gasteiger partial charge >= 0.3 is 11.9 Å². The molecule has 0 aromatic heterocycles. The Morgan fingerprint density at radius 3 is 2.00 bits per heavy atom. The molecule has 5 heteroatoms. The second kappa shape index (κ2) is 10.9. The normalized spacial score (nSPS) is 16.0. The van der Waals surface area contributed by atoms with Crippen LogP contribution in [0.4, 0.5) is 0 Å². The van der Waals surface area contributed by atoms with Crippen molar-refractivity contribution in [3.05, 3.63) is 35.9 Å². The van der Waals surface area contributed by atoms with E-state index in [9.17, 15) is 14.4 Å². The van der Waals surface area contributed by atoms with Gasteiger partial charge in [0.05, 0.1) is 13.2 Å². The molecule has 1 unspecified atom stereocenters. The SMILES string of the molecule is CCOC(=O)C(C(=O)OCC)C(CC(=O)c1ccccc1)C1CCCCC1. The zero-order chi connectivity index (χ0) is 19.6. The molecule has 0 spiro atoms. The molecule has 0 bridgehead atoms. The van der Waals surface area contributed by atoms with Crippen LogP contribution in [0.15, 0.2) is 30.3 Å². The Morgan fingerprint density at radius 1 is 0.926 bits per heavy atom. The molecule has 27 heavy (non-hydrogen) atoms. The molecule has 1 aromatic rings. The minimum atomic E-state index is -1.04. The smallest absolute Gasteiger partial charge is 0.320 e. The van der Waals surface area contributed by atoms with Gasteiger partial charge in [-0.3, -0.25) is 14.4 Å². The fraction of sp³-hybridized carbons (Fsp3) is 0.591. The van der Waals surface area contributed by atoms with Crippen molar-refractivity contribution in [2.45, 2.75) is 52.4 Å². The van der Waals surface area contributed by atoms with Crippen molar-refractivity contribution in [2.75, 3.05) is 13.2 Å². The van der Waals surface area contributed by atoms with Crippen LogP contribution in [0.1, 0.15) is 62.7 Å². The highest BCUT2D eigenvalue weighted by Crippen LogP contribution is 2.38. The lowest BCUT2D eigenvalue weighted by Crippen LogP contribution is -2.39. The summed E-state index contributed by atoms with van der Waals surface area (Å²) in [6.45, 7) is 3.81. The van der Waals surface area contributed by atoms with Crippen LogP contribution in [-0.2, 0) is 19.1 Å². The molecular formula is C22H30O5. The number of carbonyl (C=O) groups is 3. The molecule has 0 aliphatic heterocycles. The highest BCUT2D eigenvalue weighted by molar-refractivity contribution is 5.99. The van der Waals surface area contributed by atoms with Gasteiger partial charge in [0.1, 0.15) is 0 Å². The maximum atomic E-state index is 12.9. The van der Waals surface area contributed by atoms with Crippen LogP contribution in [0.3, 0.4) is 0 Å². The first-order chi connectivity index (χ1) is 13.1. The Kier molecular flexibility index (Phi) is 8.49. The Labute approximate surface area is 161 Å². The summed E-state index contributed by atoms with van der Waals surface area (Å²) in [5, 5.41) is 0. The summed E-state index contributed by atoms with van der Waals surface area (Å²) in [4.78, 5) is 38.1. The molecule has 1 aromatic carbocycles. The van der Waals surface area contributed by atoms with E-state index in [-0.39, 0.29) is 31.3 Å². The maximum absolute atomic E-state index is 12.9. The summed E-state index contributed by atoms with van der Waals surface area (Å²) in [5.41, 5.74) is 0.602. The number of ketones is 1. The second-order valence-corrected chi connectivity index (χ2v) is 7.04. The van der Waals surface area contributed by atoms with Crippen LogP contribution in [0.2, 0.25) is 0 Å². The number of Topliss-reactive ketones (excluding diaryl/α,β-unsaturated/α-hetero) is 1. The zero-order valence-electron chi connectivity index (χ0n) is 16.3. The molecule has 5 nitrogen and oxygen atoms in total. The van der Waals surface area contributed by atoms with Crippen LogP contribution >= 0.6 is 0 Å². The van der Waals surface area contributed by atoms with E-state index < -0.39 is 23.8 Å². The number of hydrogen-bond acceptors (Lipinski definition) is 5. The van der Waals surface area contributed by atoms with Crippen LogP contribution in [0, 0.1) is 17.8 Å². The molecule has 0 saturated heterocycles. The van der Waals surface area contributed by atoms with E-state index in [1.165, 1.54) is 0 Å². The van der Waals surface area contributed by atoms with Crippen LogP contribution in [0.25, 0.3) is 0 Å². The number of benzene rings is 1. The molecule has 1 aliphatic carbocycles. The lowest BCUT2D eigenvalue weighted by molar-refractivity contribution is -0.165. The van der Waals surface area contributed by atoms with Gasteiger partial charge in [-0.1, -0.05) is 62.4 Å². The van der Waals surface area contributed by atoms with E-state index in [0.29, 0.717) is 5.56 Å². The first-order valence-electron chi connectivity index (χ1n) is 10.00. The van der Waals surface area contributed by atoms with E-state index in [1.807, 2.05) is 18.2 Å². The highest BCUT2D eigenvalue weighted by atomic mass is 16.6. The van der Waals surface area contributed by atoms with Gasteiger partial charge in [-0.05, 0) is 25.7 Å². The van der Waals surface area contributed by atoms with Gasteiger partial charge in [0.25, 0.3) is 0 Å². The highest BCUT2D eigenvalue weighted by Gasteiger charge is 2.42. The van der Waals surface area contributed by atoms with Crippen LogP contribution in [0.5, 0.6) is 0 Å². The average molecular weight is 374 g/mol. The fourth-order valence-corrected chi connectivity index (χ4v) is 3.98. The Balaban J connectivity index is 2.30. The quantitative estimate of drug-likeness (QED) is 0.368. The zero-order valence-corrected chi connectivity index (χ0v) is 16.3. The largest absolute Gasteiger partial charge is 0.465 e. The molecule has 148 valence electrons. The Bertz CT molecular complexity index is 601. The van der Waals surface area contributed by atoms with Crippen LogP contribution in [-0.4, -0.2) is 30.9 Å². The van der Waals surface area contributed by atoms with Crippen molar-refractivity contribution in [1.29, 1.82) is 0 Å². The van der Waals surface area contributed by atoms with Crippen molar-refractivity contribution in [3.8, 4) is 0 Å². The number of hydrogen-bond donors (Lipinski definition) is 0. The third kappa shape index (κ3) is 5.91. The maximum Gasteiger partial charge on any atom is 0.320 e. The monoisotopic (exact) mass is 374 g/mol. The summed E-state index contributed by atoms with van der Waals surface area (Å²) in [6.07, 6.45) is 5.25.